The molecule has 0 bridgehead atoms. The number of aromatic nitrogens is 1. The molecule has 4 N–H and O–H groups in total. The molecular weight excluding hydrogens is 360 g/mol. The van der Waals surface area contributed by atoms with E-state index in [0.717, 1.165) is 28.8 Å². The lowest BCUT2D eigenvalue weighted by Crippen LogP contribution is -2.30. The van der Waals surface area contributed by atoms with Crippen molar-refractivity contribution in [2.24, 2.45) is 5.92 Å². The van der Waals surface area contributed by atoms with Crippen molar-refractivity contribution in [3.63, 3.8) is 0 Å². The van der Waals surface area contributed by atoms with Gasteiger partial charge in [0.2, 0.25) is 0 Å². The number of rotatable bonds is 6. The molecule has 4 rings (SSSR count). The van der Waals surface area contributed by atoms with E-state index in [2.05, 4.69) is 59.3 Å². The molecule has 2 unspecified atom stereocenters. The van der Waals surface area contributed by atoms with Gasteiger partial charge in [0.15, 0.2) is 0 Å². The highest BCUT2D eigenvalue weighted by Crippen LogP contribution is 2.22. The number of benzene rings is 2. The fourth-order valence-corrected chi connectivity index (χ4v) is 3.95. The summed E-state index contributed by atoms with van der Waals surface area (Å²) < 4.78 is 0. The molecule has 5 nitrogen and oxygen atoms in total. The molecule has 1 aromatic heterocycles. The number of hydrogen-bond donors (Lipinski definition) is 4. The van der Waals surface area contributed by atoms with Gasteiger partial charge in [-0.2, -0.15) is 0 Å². The van der Waals surface area contributed by atoms with Gasteiger partial charge in [-0.15, -0.1) is 0 Å². The highest BCUT2D eigenvalue weighted by molar-refractivity contribution is 5.63. The van der Waals surface area contributed by atoms with Crippen molar-refractivity contribution in [2.45, 2.75) is 38.9 Å². The molecule has 0 amide bonds. The third-order valence-electron chi connectivity index (χ3n) is 5.82. The molecule has 29 heavy (non-hydrogen) atoms. The van der Waals surface area contributed by atoms with Crippen molar-refractivity contribution < 1.29 is 0 Å². The van der Waals surface area contributed by atoms with Gasteiger partial charge in [-0.3, -0.25) is 15.6 Å². The highest BCUT2D eigenvalue weighted by Gasteiger charge is 2.29. The Balaban J connectivity index is 1.41. The summed E-state index contributed by atoms with van der Waals surface area (Å²) in [5.41, 5.74) is 11.7. The average Bonchev–Trinajstić information content (AvgIpc) is 3.07. The molecule has 1 aliphatic heterocycles. The Morgan fingerprint density at radius 2 is 1.59 bits per heavy atom. The summed E-state index contributed by atoms with van der Waals surface area (Å²) in [5.74, 6) is 0.577. The Bertz CT molecular complexity index is 987. The van der Waals surface area contributed by atoms with Crippen molar-refractivity contribution >= 4 is 5.69 Å². The Kier molecular flexibility index (Phi) is 5.79. The van der Waals surface area contributed by atoms with Crippen LogP contribution in [0.5, 0.6) is 0 Å². The van der Waals surface area contributed by atoms with E-state index in [4.69, 9.17) is 0 Å². The number of pyridine rings is 1. The minimum absolute atomic E-state index is 0.0574. The van der Waals surface area contributed by atoms with Gasteiger partial charge in [0.1, 0.15) is 0 Å². The van der Waals surface area contributed by atoms with E-state index < -0.39 is 0 Å². The molecule has 0 spiro atoms. The van der Waals surface area contributed by atoms with Crippen LogP contribution in [-0.4, -0.2) is 17.1 Å². The molecule has 2 atom stereocenters. The Morgan fingerprint density at radius 1 is 0.897 bits per heavy atom. The number of hydrazine groups is 1. The molecule has 1 saturated heterocycles. The van der Waals surface area contributed by atoms with E-state index in [1.54, 1.807) is 6.20 Å². The van der Waals surface area contributed by atoms with Gasteiger partial charge in [-0.25, -0.2) is 0 Å². The first-order valence-corrected chi connectivity index (χ1v) is 10.2. The van der Waals surface area contributed by atoms with Gasteiger partial charge in [0, 0.05) is 36.1 Å². The van der Waals surface area contributed by atoms with Crippen LogP contribution in [0.3, 0.4) is 0 Å². The molecule has 2 heterocycles. The zero-order valence-corrected chi connectivity index (χ0v) is 16.9. The SMILES string of the molecule is CC1NNC(C)C1Cc1ccc(NCc2cc(-c3ccccc3)c[nH]c2=O)cc1. The Labute approximate surface area is 171 Å². The quantitative estimate of drug-likeness (QED) is 0.520. The number of aromatic amines is 1. The van der Waals surface area contributed by atoms with Crippen molar-refractivity contribution in [2.75, 3.05) is 5.32 Å². The van der Waals surface area contributed by atoms with Crippen LogP contribution in [0.1, 0.15) is 25.0 Å². The summed E-state index contributed by atoms with van der Waals surface area (Å²) in [7, 11) is 0. The zero-order valence-electron chi connectivity index (χ0n) is 16.9. The maximum atomic E-state index is 12.2. The van der Waals surface area contributed by atoms with E-state index >= 15 is 0 Å². The third-order valence-corrected chi connectivity index (χ3v) is 5.82. The van der Waals surface area contributed by atoms with Gasteiger partial charge in [0.05, 0.1) is 0 Å². The first-order valence-electron chi connectivity index (χ1n) is 10.2. The Hall–Kier alpha value is -2.89. The second-order valence-corrected chi connectivity index (χ2v) is 7.89. The highest BCUT2D eigenvalue weighted by atomic mass is 16.1. The summed E-state index contributed by atoms with van der Waals surface area (Å²) in [6.07, 6.45) is 2.81. The van der Waals surface area contributed by atoms with E-state index in [-0.39, 0.29) is 5.56 Å². The van der Waals surface area contributed by atoms with Crippen LogP contribution >= 0.6 is 0 Å². The fourth-order valence-electron chi connectivity index (χ4n) is 3.95. The standard InChI is InChI=1S/C24H28N4O/c1-16-23(17(2)28-27-16)12-18-8-10-22(11-9-18)25-15-21-13-20(14-26-24(21)29)19-6-4-3-5-7-19/h3-11,13-14,16-17,23,25,27-28H,12,15H2,1-2H3,(H,26,29). The maximum Gasteiger partial charge on any atom is 0.252 e. The largest absolute Gasteiger partial charge is 0.381 e. The second kappa shape index (κ2) is 8.64. The third kappa shape index (κ3) is 4.58. The monoisotopic (exact) mass is 388 g/mol. The smallest absolute Gasteiger partial charge is 0.252 e. The lowest BCUT2D eigenvalue weighted by atomic mass is 9.89. The number of hydrogen-bond acceptors (Lipinski definition) is 4. The van der Waals surface area contributed by atoms with Gasteiger partial charge < -0.3 is 10.3 Å². The van der Waals surface area contributed by atoms with Crippen LogP contribution in [0.4, 0.5) is 5.69 Å². The van der Waals surface area contributed by atoms with Crippen LogP contribution in [0, 0.1) is 5.92 Å². The van der Waals surface area contributed by atoms with E-state index in [9.17, 15) is 4.79 Å². The summed E-state index contributed by atoms with van der Waals surface area (Å²) >= 11 is 0. The van der Waals surface area contributed by atoms with Crippen molar-refractivity contribution in [1.82, 2.24) is 15.8 Å². The van der Waals surface area contributed by atoms with Gasteiger partial charge in [-0.1, -0.05) is 42.5 Å². The lowest BCUT2D eigenvalue weighted by molar-refractivity contribution is 0.442. The van der Waals surface area contributed by atoms with Crippen molar-refractivity contribution in [3.05, 3.63) is 88.3 Å². The lowest BCUT2D eigenvalue weighted by Gasteiger charge is -2.18. The molecule has 5 heteroatoms. The average molecular weight is 389 g/mol. The minimum atomic E-state index is -0.0574. The molecule has 1 fully saturated rings. The maximum absolute atomic E-state index is 12.2. The van der Waals surface area contributed by atoms with Crippen LogP contribution in [-0.2, 0) is 13.0 Å². The molecule has 150 valence electrons. The topological polar surface area (TPSA) is 68.9 Å². The molecule has 3 aromatic rings. The molecule has 0 aliphatic carbocycles. The van der Waals surface area contributed by atoms with Gasteiger partial charge >= 0.3 is 0 Å². The summed E-state index contributed by atoms with van der Waals surface area (Å²) in [6.45, 7) is 4.93. The van der Waals surface area contributed by atoms with Crippen molar-refractivity contribution in [1.29, 1.82) is 0 Å². The number of H-pyrrole nitrogens is 1. The normalized spacial score (nSPS) is 21.2. The number of nitrogens with one attached hydrogen (secondary N) is 4. The van der Waals surface area contributed by atoms with E-state index in [1.807, 2.05) is 36.4 Å². The summed E-state index contributed by atoms with van der Waals surface area (Å²) in [5, 5.41) is 3.37. The molecule has 0 radical (unpaired) electrons. The van der Waals surface area contributed by atoms with Crippen molar-refractivity contribution in [3.8, 4) is 11.1 Å². The molecule has 2 aromatic carbocycles. The Morgan fingerprint density at radius 3 is 2.28 bits per heavy atom. The van der Waals surface area contributed by atoms with Gasteiger partial charge in [-0.05, 0) is 61.1 Å². The van der Waals surface area contributed by atoms with E-state index in [1.165, 1.54) is 5.56 Å². The van der Waals surface area contributed by atoms with Crippen LogP contribution in [0.2, 0.25) is 0 Å². The van der Waals surface area contributed by atoms with Crippen LogP contribution < -0.4 is 21.7 Å². The van der Waals surface area contributed by atoms with Gasteiger partial charge in [0.25, 0.3) is 5.56 Å². The van der Waals surface area contributed by atoms with E-state index in [0.29, 0.717) is 24.5 Å². The summed E-state index contributed by atoms with van der Waals surface area (Å²) in [4.78, 5) is 15.1. The first kappa shape index (κ1) is 19.4. The molecular formula is C24H28N4O. The zero-order chi connectivity index (χ0) is 20.2. The molecule has 0 saturated carbocycles. The number of anilines is 1. The first-order chi connectivity index (χ1) is 14.1. The summed E-state index contributed by atoms with van der Waals surface area (Å²) in [6, 6.07) is 21.5. The predicted octanol–water partition coefficient (Wildman–Crippen LogP) is 3.70. The van der Waals surface area contributed by atoms with Crippen LogP contribution in [0.25, 0.3) is 11.1 Å². The second-order valence-electron chi connectivity index (χ2n) is 7.89. The fraction of sp³-hybridized carbons (Fsp3) is 0.292. The predicted molar refractivity (Wildman–Crippen MR) is 119 cm³/mol. The van der Waals surface area contributed by atoms with Crippen LogP contribution in [0.15, 0.2) is 71.7 Å². The minimum Gasteiger partial charge on any atom is -0.381 e. The molecule has 1 aliphatic rings.